The number of nitrogens with zero attached hydrogens (tertiary/aromatic N) is 1. The fraction of sp³-hybridized carbons (Fsp3) is 0.368. The molecule has 0 aromatic heterocycles. The normalized spacial score (nSPS) is 12.8. The molecule has 2 rings (SSSR count). The van der Waals surface area contributed by atoms with Gasteiger partial charge in [-0.25, -0.2) is 17.5 Å². The standard InChI is InChI=1S/C19H25FN2O4S/c1-22(2)17(15-7-10-18(25-3)19(11-15)26-4)12-21-27(23,24)13-14-5-8-16(20)9-6-14/h5-11,17,21H,12-13H2,1-4H3. The van der Waals surface area contributed by atoms with Crippen molar-refractivity contribution < 1.29 is 22.3 Å². The van der Waals surface area contributed by atoms with E-state index in [2.05, 4.69) is 4.72 Å². The summed E-state index contributed by atoms with van der Waals surface area (Å²) in [6.07, 6.45) is 0. The number of nitrogens with one attached hydrogen (secondary N) is 1. The average molecular weight is 396 g/mol. The number of likely N-dealkylation sites (N-methyl/N-ethyl adjacent to an activating group) is 1. The first-order chi connectivity index (χ1) is 12.8. The summed E-state index contributed by atoms with van der Waals surface area (Å²) in [6, 6.07) is 10.7. The lowest BCUT2D eigenvalue weighted by Gasteiger charge is -2.25. The molecular formula is C19H25FN2O4S. The summed E-state index contributed by atoms with van der Waals surface area (Å²) in [5.41, 5.74) is 1.42. The second-order valence-corrected chi connectivity index (χ2v) is 8.13. The van der Waals surface area contributed by atoms with Gasteiger partial charge in [0, 0.05) is 12.6 Å². The van der Waals surface area contributed by atoms with Gasteiger partial charge in [0.1, 0.15) is 5.82 Å². The van der Waals surface area contributed by atoms with Crippen molar-refractivity contribution in [3.63, 3.8) is 0 Å². The molecule has 1 atom stereocenters. The number of sulfonamides is 1. The molecule has 2 aromatic rings. The summed E-state index contributed by atoms with van der Waals surface area (Å²) >= 11 is 0. The van der Waals surface area contributed by atoms with Gasteiger partial charge in [-0.15, -0.1) is 0 Å². The van der Waals surface area contributed by atoms with Crippen LogP contribution in [0.3, 0.4) is 0 Å². The first kappa shape index (κ1) is 21.1. The topological polar surface area (TPSA) is 67.9 Å². The highest BCUT2D eigenvalue weighted by Crippen LogP contribution is 2.31. The molecule has 2 aromatic carbocycles. The summed E-state index contributed by atoms with van der Waals surface area (Å²) in [5.74, 6) is 0.580. The third-order valence-corrected chi connectivity index (χ3v) is 5.50. The van der Waals surface area contributed by atoms with Crippen LogP contribution in [-0.4, -0.2) is 48.2 Å². The SMILES string of the molecule is COc1ccc(C(CNS(=O)(=O)Cc2ccc(F)cc2)N(C)C)cc1OC. The highest BCUT2D eigenvalue weighted by molar-refractivity contribution is 7.88. The number of rotatable bonds is 9. The Morgan fingerprint density at radius 3 is 2.22 bits per heavy atom. The van der Waals surface area contributed by atoms with Gasteiger partial charge in [0.2, 0.25) is 10.0 Å². The zero-order chi connectivity index (χ0) is 20.0. The van der Waals surface area contributed by atoms with Crippen LogP contribution in [0.15, 0.2) is 42.5 Å². The van der Waals surface area contributed by atoms with E-state index in [9.17, 15) is 12.8 Å². The fourth-order valence-corrected chi connectivity index (χ4v) is 3.86. The Labute approximate surface area is 160 Å². The second-order valence-electron chi connectivity index (χ2n) is 6.33. The lowest BCUT2D eigenvalue weighted by Crippen LogP contribution is -2.35. The zero-order valence-corrected chi connectivity index (χ0v) is 16.7. The first-order valence-electron chi connectivity index (χ1n) is 8.36. The maximum absolute atomic E-state index is 13.0. The van der Waals surface area contributed by atoms with E-state index in [0.717, 1.165) is 5.56 Å². The zero-order valence-electron chi connectivity index (χ0n) is 15.9. The van der Waals surface area contributed by atoms with Crippen LogP contribution in [0, 0.1) is 5.82 Å². The molecule has 1 unspecified atom stereocenters. The molecule has 0 amide bonds. The average Bonchev–Trinajstić information content (AvgIpc) is 2.63. The maximum atomic E-state index is 13.0. The molecular weight excluding hydrogens is 371 g/mol. The van der Waals surface area contributed by atoms with Crippen molar-refractivity contribution in [3.8, 4) is 11.5 Å². The molecule has 0 saturated carbocycles. The molecule has 148 valence electrons. The van der Waals surface area contributed by atoms with Crippen molar-refractivity contribution in [3.05, 3.63) is 59.4 Å². The van der Waals surface area contributed by atoms with Gasteiger partial charge in [0.25, 0.3) is 0 Å². The molecule has 8 heteroatoms. The molecule has 0 heterocycles. The minimum absolute atomic E-state index is 0.187. The van der Waals surface area contributed by atoms with E-state index in [1.54, 1.807) is 20.3 Å². The molecule has 1 N–H and O–H groups in total. The van der Waals surface area contributed by atoms with Crippen molar-refractivity contribution in [1.82, 2.24) is 9.62 Å². The molecule has 0 aliphatic carbocycles. The minimum atomic E-state index is -3.57. The van der Waals surface area contributed by atoms with E-state index in [-0.39, 0.29) is 18.3 Å². The Hall–Kier alpha value is -2.16. The van der Waals surface area contributed by atoms with E-state index in [1.807, 2.05) is 31.1 Å². The van der Waals surface area contributed by atoms with Gasteiger partial charge in [-0.1, -0.05) is 18.2 Å². The van der Waals surface area contributed by atoms with Crippen LogP contribution >= 0.6 is 0 Å². The lowest BCUT2D eigenvalue weighted by atomic mass is 10.1. The largest absolute Gasteiger partial charge is 0.493 e. The van der Waals surface area contributed by atoms with Crippen molar-refractivity contribution in [1.29, 1.82) is 0 Å². The number of ether oxygens (including phenoxy) is 2. The van der Waals surface area contributed by atoms with Gasteiger partial charge < -0.3 is 14.4 Å². The van der Waals surface area contributed by atoms with Crippen molar-refractivity contribution in [2.75, 3.05) is 34.9 Å². The van der Waals surface area contributed by atoms with Crippen LogP contribution < -0.4 is 14.2 Å². The van der Waals surface area contributed by atoms with E-state index in [1.165, 1.54) is 24.3 Å². The number of halogens is 1. The van der Waals surface area contributed by atoms with Gasteiger partial charge >= 0.3 is 0 Å². The molecule has 0 fully saturated rings. The first-order valence-corrected chi connectivity index (χ1v) is 10.0. The molecule has 0 aliphatic rings. The van der Waals surface area contributed by atoms with Crippen LogP contribution in [-0.2, 0) is 15.8 Å². The Morgan fingerprint density at radius 1 is 1.04 bits per heavy atom. The fourth-order valence-electron chi connectivity index (χ4n) is 2.72. The molecule has 0 radical (unpaired) electrons. The number of hydrogen-bond donors (Lipinski definition) is 1. The second kappa shape index (κ2) is 9.16. The summed E-state index contributed by atoms with van der Waals surface area (Å²) in [7, 11) is 3.29. The third kappa shape index (κ3) is 5.92. The predicted octanol–water partition coefficient (Wildman–Crippen LogP) is 2.57. The highest BCUT2D eigenvalue weighted by atomic mass is 32.2. The molecule has 0 saturated heterocycles. The van der Waals surface area contributed by atoms with Crippen molar-refractivity contribution >= 4 is 10.0 Å². The summed E-state index contributed by atoms with van der Waals surface area (Å²) in [6.45, 7) is 0.187. The van der Waals surface area contributed by atoms with Gasteiger partial charge in [-0.05, 0) is 49.5 Å². The Morgan fingerprint density at radius 2 is 1.67 bits per heavy atom. The lowest BCUT2D eigenvalue weighted by molar-refractivity contribution is 0.297. The van der Waals surface area contributed by atoms with E-state index < -0.39 is 15.8 Å². The monoisotopic (exact) mass is 396 g/mol. The molecule has 0 aliphatic heterocycles. The summed E-state index contributed by atoms with van der Waals surface area (Å²) in [4.78, 5) is 1.92. The van der Waals surface area contributed by atoms with Crippen molar-refractivity contribution in [2.24, 2.45) is 0 Å². The van der Waals surface area contributed by atoms with Crippen LogP contribution in [0.1, 0.15) is 17.2 Å². The molecule has 0 bridgehead atoms. The van der Waals surface area contributed by atoms with E-state index >= 15 is 0 Å². The number of methoxy groups -OCH3 is 2. The van der Waals surface area contributed by atoms with Crippen molar-refractivity contribution in [2.45, 2.75) is 11.8 Å². The quantitative estimate of drug-likeness (QED) is 0.706. The Bertz CT molecular complexity index is 855. The van der Waals surface area contributed by atoms with Gasteiger partial charge in [-0.2, -0.15) is 0 Å². The maximum Gasteiger partial charge on any atom is 0.215 e. The smallest absolute Gasteiger partial charge is 0.215 e. The van der Waals surface area contributed by atoms with Gasteiger partial charge in [0.05, 0.1) is 20.0 Å². The minimum Gasteiger partial charge on any atom is -0.493 e. The van der Waals surface area contributed by atoms with E-state index in [0.29, 0.717) is 17.1 Å². The Kier molecular flexibility index (Phi) is 7.18. The van der Waals surface area contributed by atoms with Crippen LogP contribution in [0.2, 0.25) is 0 Å². The van der Waals surface area contributed by atoms with E-state index in [4.69, 9.17) is 9.47 Å². The highest BCUT2D eigenvalue weighted by Gasteiger charge is 2.20. The van der Waals surface area contributed by atoms with Crippen LogP contribution in [0.25, 0.3) is 0 Å². The number of hydrogen-bond acceptors (Lipinski definition) is 5. The molecule has 6 nitrogen and oxygen atoms in total. The summed E-state index contributed by atoms with van der Waals surface area (Å²) < 4.78 is 51.0. The Balaban J connectivity index is 2.13. The number of benzene rings is 2. The predicted molar refractivity (Wildman–Crippen MR) is 103 cm³/mol. The molecule has 27 heavy (non-hydrogen) atoms. The van der Waals surface area contributed by atoms with Gasteiger partial charge in [0.15, 0.2) is 11.5 Å². The summed E-state index contributed by atoms with van der Waals surface area (Å²) in [5, 5.41) is 0. The molecule has 0 spiro atoms. The van der Waals surface area contributed by atoms with Crippen LogP contribution in [0.4, 0.5) is 4.39 Å². The van der Waals surface area contributed by atoms with Crippen LogP contribution in [0.5, 0.6) is 11.5 Å². The third-order valence-electron chi connectivity index (χ3n) is 4.18. The van der Waals surface area contributed by atoms with Gasteiger partial charge in [-0.3, -0.25) is 0 Å².